The molecule has 0 spiro atoms. The molecule has 1 fully saturated rings. The fourth-order valence-corrected chi connectivity index (χ4v) is 4.69. The van der Waals surface area contributed by atoms with Crippen molar-refractivity contribution in [2.45, 2.75) is 12.8 Å². The molecule has 0 atom stereocenters. The van der Waals surface area contributed by atoms with E-state index in [-0.39, 0.29) is 21.3 Å². The lowest BCUT2D eigenvalue weighted by Crippen LogP contribution is -2.21. The third-order valence-corrected chi connectivity index (χ3v) is 6.15. The largest absolute Gasteiger partial charge is 0.367 e. The van der Waals surface area contributed by atoms with Crippen molar-refractivity contribution in [3.05, 3.63) is 57.7 Å². The number of nitrogens with zero attached hydrogens (tertiary/aromatic N) is 1. The molecule has 0 saturated carbocycles. The maximum absolute atomic E-state index is 14.4. The van der Waals surface area contributed by atoms with Crippen LogP contribution in [-0.4, -0.2) is 19.0 Å². The second-order valence-corrected chi connectivity index (χ2v) is 7.75. The molecule has 1 aliphatic heterocycles. The smallest absolute Gasteiger partial charge is 0.267 e. The minimum atomic E-state index is -0.725. The number of carbonyl (C=O) groups is 1. The summed E-state index contributed by atoms with van der Waals surface area (Å²) in [5, 5.41) is 3.20. The summed E-state index contributed by atoms with van der Waals surface area (Å²) in [5.74, 6) is -2.49. The van der Waals surface area contributed by atoms with E-state index in [1.807, 2.05) is 0 Å². The van der Waals surface area contributed by atoms with Gasteiger partial charge in [-0.3, -0.25) is 4.79 Å². The van der Waals surface area contributed by atoms with Gasteiger partial charge < -0.3 is 10.2 Å². The number of carbonyl (C=O) groups excluding carboxylic acids is 1. The number of rotatable bonds is 3. The summed E-state index contributed by atoms with van der Waals surface area (Å²) in [6.07, 6.45) is 1.78. The average molecular weight is 411 g/mol. The predicted molar refractivity (Wildman–Crippen MR) is 103 cm³/mol. The number of amides is 1. The van der Waals surface area contributed by atoms with E-state index in [4.69, 9.17) is 11.6 Å². The maximum atomic E-state index is 14.4. The molecular weight excluding hydrogens is 397 g/mol. The monoisotopic (exact) mass is 410 g/mol. The third kappa shape index (κ3) is 3.37. The predicted octanol–water partition coefficient (Wildman–Crippen LogP) is 5.82. The Hall–Kier alpha value is -2.25. The Bertz CT molecular complexity index is 1020. The van der Waals surface area contributed by atoms with Crippen LogP contribution >= 0.6 is 22.9 Å². The van der Waals surface area contributed by atoms with E-state index in [9.17, 15) is 18.0 Å². The molecule has 0 unspecified atom stereocenters. The molecule has 140 valence electrons. The van der Waals surface area contributed by atoms with Gasteiger partial charge in [0, 0.05) is 28.9 Å². The molecule has 3 aromatic rings. The van der Waals surface area contributed by atoms with Gasteiger partial charge in [0.25, 0.3) is 5.91 Å². The van der Waals surface area contributed by atoms with E-state index >= 15 is 0 Å². The second kappa shape index (κ2) is 7.05. The molecule has 1 N–H and O–H groups in total. The molecule has 1 amide bonds. The summed E-state index contributed by atoms with van der Waals surface area (Å²) < 4.78 is 42.7. The summed E-state index contributed by atoms with van der Waals surface area (Å²) in [5.41, 5.74) is -0.0708. The van der Waals surface area contributed by atoms with E-state index in [2.05, 4.69) is 5.32 Å². The lowest BCUT2D eigenvalue weighted by Gasteiger charge is -2.19. The van der Waals surface area contributed by atoms with Crippen LogP contribution in [0.5, 0.6) is 0 Å². The molecule has 1 saturated heterocycles. The first-order chi connectivity index (χ1) is 12.9. The Morgan fingerprint density at radius 1 is 1.07 bits per heavy atom. The van der Waals surface area contributed by atoms with Crippen molar-refractivity contribution in [3.63, 3.8) is 0 Å². The quantitative estimate of drug-likeness (QED) is 0.589. The van der Waals surface area contributed by atoms with Gasteiger partial charge in [-0.1, -0.05) is 11.6 Å². The van der Waals surface area contributed by atoms with Crippen molar-refractivity contribution in [1.82, 2.24) is 0 Å². The number of benzene rings is 2. The van der Waals surface area contributed by atoms with Crippen molar-refractivity contribution >= 4 is 50.3 Å². The molecule has 27 heavy (non-hydrogen) atoms. The van der Waals surface area contributed by atoms with Crippen molar-refractivity contribution in [2.75, 3.05) is 23.3 Å². The summed E-state index contributed by atoms with van der Waals surface area (Å²) in [6, 6.07) is 6.22. The number of hydrogen-bond acceptors (Lipinski definition) is 3. The van der Waals surface area contributed by atoms with E-state index in [0.717, 1.165) is 36.3 Å². The van der Waals surface area contributed by atoms with E-state index in [0.29, 0.717) is 23.2 Å². The summed E-state index contributed by atoms with van der Waals surface area (Å²) in [6.45, 7) is 1.21. The van der Waals surface area contributed by atoms with Crippen molar-refractivity contribution in [1.29, 1.82) is 0 Å². The molecule has 1 aliphatic rings. The van der Waals surface area contributed by atoms with Gasteiger partial charge in [-0.15, -0.1) is 11.3 Å². The third-order valence-electron chi connectivity index (χ3n) is 4.49. The van der Waals surface area contributed by atoms with Crippen molar-refractivity contribution < 1.29 is 18.0 Å². The van der Waals surface area contributed by atoms with E-state index < -0.39 is 23.4 Å². The first-order valence-corrected chi connectivity index (χ1v) is 9.56. The lowest BCUT2D eigenvalue weighted by atomic mass is 10.2. The van der Waals surface area contributed by atoms with Crippen LogP contribution in [0.2, 0.25) is 5.02 Å². The van der Waals surface area contributed by atoms with E-state index in [1.54, 1.807) is 4.90 Å². The molecule has 1 aromatic heterocycles. The fraction of sp³-hybridized carbons (Fsp3) is 0.211. The Morgan fingerprint density at radius 2 is 1.74 bits per heavy atom. The van der Waals surface area contributed by atoms with Gasteiger partial charge in [0.2, 0.25) is 0 Å². The topological polar surface area (TPSA) is 32.3 Å². The summed E-state index contributed by atoms with van der Waals surface area (Å²) in [7, 11) is 0. The van der Waals surface area contributed by atoms with Gasteiger partial charge in [-0.25, -0.2) is 13.2 Å². The number of hydrogen-bond donors (Lipinski definition) is 1. The molecule has 2 aromatic carbocycles. The van der Waals surface area contributed by atoms with Gasteiger partial charge in [0.05, 0.1) is 5.02 Å². The Kier molecular flexibility index (Phi) is 4.74. The molecule has 2 heterocycles. The zero-order valence-corrected chi connectivity index (χ0v) is 15.6. The van der Waals surface area contributed by atoms with Crippen LogP contribution in [0.25, 0.3) is 10.1 Å². The number of fused-ring (bicyclic) bond motifs is 1. The van der Waals surface area contributed by atoms with Gasteiger partial charge in [-0.2, -0.15) is 0 Å². The van der Waals surface area contributed by atoms with Gasteiger partial charge in [0.15, 0.2) is 11.6 Å². The van der Waals surface area contributed by atoms with Crippen LogP contribution < -0.4 is 10.2 Å². The molecule has 0 radical (unpaired) electrons. The van der Waals surface area contributed by atoms with Crippen molar-refractivity contribution in [3.8, 4) is 0 Å². The van der Waals surface area contributed by atoms with E-state index in [1.165, 1.54) is 18.2 Å². The minimum absolute atomic E-state index is 0.00218. The first kappa shape index (κ1) is 18.1. The molecule has 4 rings (SSSR count). The lowest BCUT2D eigenvalue weighted by molar-refractivity contribution is 0.103. The Labute approximate surface area is 162 Å². The maximum Gasteiger partial charge on any atom is 0.267 e. The average Bonchev–Trinajstić information content (AvgIpc) is 3.22. The highest BCUT2D eigenvalue weighted by Crippen LogP contribution is 2.36. The van der Waals surface area contributed by atoms with Crippen LogP contribution in [0, 0.1) is 17.5 Å². The molecule has 0 bridgehead atoms. The minimum Gasteiger partial charge on any atom is -0.367 e. The molecule has 8 heteroatoms. The van der Waals surface area contributed by atoms with Crippen LogP contribution in [0.4, 0.5) is 24.5 Å². The van der Waals surface area contributed by atoms with Crippen LogP contribution in [-0.2, 0) is 0 Å². The van der Waals surface area contributed by atoms with Crippen LogP contribution in [0.3, 0.4) is 0 Å². The number of anilines is 2. The molecule has 0 aliphatic carbocycles. The Morgan fingerprint density at radius 3 is 2.41 bits per heavy atom. The van der Waals surface area contributed by atoms with Gasteiger partial charge >= 0.3 is 0 Å². The highest BCUT2D eigenvalue weighted by Gasteiger charge is 2.23. The summed E-state index contributed by atoms with van der Waals surface area (Å²) >= 11 is 7.23. The van der Waals surface area contributed by atoms with Crippen LogP contribution in [0.15, 0.2) is 30.3 Å². The zero-order chi connectivity index (χ0) is 19.1. The number of halogens is 4. The fourth-order valence-electron chi connectivity index (χ4n) is 3.25. The standard InChI is InChI=1S/C19H14ClF3N2OS/c20-16-12-4-3-10(21)7-15(12)27-18(16)19(26)24-11-8-13(22)17(14(23)9-11)25-5-1-2-6-25/h3-4,7-9H,1-2,5-6H2,(H,24,26). The highest BCUT2D eigenvalue weighted by atomic mass is 35.5. The number of nitrogens with one attached hydrogen (secondary N) is 1. The zero-order valence-electron chi connectivity index (χ0n) is 14.0. The number of thiophene rings is 1. The summed E-state index contributed by atoms with van der Waals surface area (Å²) in [4.78, 5) is 14.3. The van der Waals surface area contributed by atoms with Crippen molar-refractivity contribution in [2.24, 2.45) is 0 Å². The molecule has 3 nitrogen and oxygen atoms in total. The van der Waals surface area contributed by atoms with Gasteiger partial charge in [0.1, 0.15) is 16.4 Å². The SMILES string of the molecule is O=C(Nc1cc(F)c(N2CCCC2)c(F)c1)c1sc2cc(F)ccc2c1Cl. The van der Waals surface area contributed by atoms with Gasteiger partial charge in [-0.05, 0) is 43.2 Å². The molecular formula is C19H14ClF3N2OS. The highest BCUT2D eigenvalue weighted by molar-refractivity contribution is 7.21. The second-order valence-electron chi connectivity index (χ2n) is 6.32. The Balaban J connectivity index is 1.62. The van der Waals surface area contributed by atoms with Crippen LogP contribution in [0.1, 0.15) is 22.5 Å². The normalized spacial score (nSPS) is 14.1. The first-order valence-electron chi connectivity index (χ1n) is 8.37.